The number of hydrogen-bond acceptors (Lipinski definition) is 3. The highest BCUT2D eigenvalue weighted by Gasteiger charge is 2.31. The van der Waals surface area contributed by atoms with Crippen molar-refractivity contribution >= 4 is 5.91 Å². The quantitative estimate of drug-likeness (QED) is 0.581. The van der Waals surface area contributed by atoms with Gasteiger partial charge in [-0.25, -0.2) is 4.98 Å². The predicted octanol–water partition coefficient (Wildman–Crippen LogP) is 5.18. The lowest BCUT2D eigenvalue weighted by Gasteiger charge is -2.29. The zero-order chi connectivity index (χ0) is 24.1. The number of alkyl halides is 3. The number of benzene rings is 2. The number of amides is 1. The Labute approximate surface area is 184 Å². The second-order valence-corrected chi connectivity index (χ2v) is 9.29. The Hall–Kier alpha value is -3.13. The molecule has 0 aliphatic rings. The van der Waals surface area contributed by atoms with Crippen LogP contribution in [0.5, 0.6) is 0 Å². The molecule has 1 amide bonds. The molecule has 0 bridgehead atoms. The summed E-state index contributed by atoms with van der Waals surface area (Å²) in [7, 11) is 0. The average Bonchev–Trinajstić information content (AvgIpc) is 3.16. The Balaban J connectivity index is 2.34. The van der Waals surface area contributed by atoms with Gasteiger partial charge in [0.1, 0.15) is 11.4 Å². The van der Waals surface area contributed by atoms with E-state index in [0.717, 1.165) is 12.1 Å². The third-order valence-corrected chi connectivity index (χ3v) is 5.13. The van der Waals surface area contributed by atoms with Crippen LogP contribution in [0.25, 0.3) is 16.8 Å². The van der Waals surface area contributed by atoms with Crippen molar-refractivity contribution in [3.63, 3.8) is 0 Å². The van der Waals surface area contributed by atoms with Gasteiger partial charge in [-0.3, -0.25) is 4.79 Å². The minimum atomic E-state index is -4.45. The molecule has 0 fully saturated rings. The summed E-state index contributed by atoms with van der Waals surface area (Å²) in [6.07, 6.45) is -1.25. The molecule has 1 heterocycles. The van der Waals surface area contributed by atoms with Crippen molar-refractivity contribution < 1.29 is 23.1 Å². The van der Waals surface area contributed by atoms with Crippen LogP contribution >= 0.6 is 0 Å². The summed E-state index contributed by atoms with van der Waals surface area (Å²) in [5.41, 5.74) is 5.64. The van der Waals surface area contributed by atoms with E-state index < -0.39 is 28.7 Å². The molecule has 0 atom stereocenters. The highest BCUT2D eigenvalue weighted by molar-refractivity contribution is 5.97. The predicted molar refractivity (Wildman–Crippen MR) is 116 cm³/mol. The highest BCUT2D eigenvalue weighted by Crippen LogP contribution is 2.38. The van der Waals surface area contributed by atoms with Gasteiger partial charge in [0.25, 0.3) is 0 Å². The molecule has 0 saturated heterocycles. The molecule has 170 valence electrons. The monoisotopic (exact) mass is 445 g/mol. The number of rotatable bonds is 4. The van der Waals surface area contributed by atoms with Crippen LogP contribution in [0.4, 0.5) is 13.2 Å². The fourth-order valence-corrected chi connectivity index (χ4v) is 3.77. The van der Waals surface area contributed by atoms with Crippen molar-refractivity contribution in [3.8, 4) is 16.8 Å². The number of carbonyl (C=O) groups excluding carboxylic acids is 1. The van der Waals surface area contributed by atoms with Gasteiger partial charge in [-0.15, -0.1) is 0 Å². The Morgan fingerprint density at radius 2 is 1.59 bits per heavy atom. The van der Waals surface area contributed by atoms with Gasteiger partial charge in [-0.1, -0.05) is 32.9 Å². The highest BCUT2D eigenvalue weighted by atomic mass is 19.4. The third-order valence-electron chi connectivity index (χ3n) is 5.13. The van der Waals surface area contributed by atoms with Crippen LogP contribution in [-0.4, -0.2) is 20.6 Å². The number of primary amides is 1. The Morgan fingerprint density at radius 3 is 2.06 bits per heavy atom. The van der Waals surface area contributed by atoms with Crippen molar-refractivity contribution in [2.24, 2.45) is 5.73 Å². The second kappa shape index (κ2) is 7.78. The van der Waals surface area contributed by atoms with E-state index in [4.69, 9.17) is 5.73 Å². The third kappa shape index (κ3) is 4.55. The van der Waals surface area contributed by atoms with E-state index in [1.54, 1.807) is 36.7 Å². The topological polar surface area (TPSA) is 81.1 Å². The smallest absolute Gasteiger partial charge is 0.382 e. The number of carbonyl (C=O) groups is 1. The lowest BCUT2D eigenvalue weighted by molar-refractivity contribution is -0.137. The first-order valence-electron chi connectivity index (χ1n) is 10.0. The van der Waals surface area contributed by atoms with Gasteiger partial charge in [-0.05, 0) is 60.2 Å². The van der Waals surface area contributed by atoms with E-state index in [-0.39, 0.29) is 5.56 Å². The van der Waals surface area contributed by atoms with Gasteiger partial charge in [0.15, 0.2) is 0 Å². The standard InChI is InChI=1S/C24H26F3N3O2/c1-22(2,3)19-17(20(28)31)12-15(14-6-8-16(9-7-14)24(25,26)27)13-18(19)30-11-10-29-21(30)23(4,5)32/h6-13,32H,1-5H3,(H2,28,31). The molecule has 2 aromatic carbocycles. The molecule has 8 heteroatoms. The maximum absolute atomic E-state index is 13.0. The van der Waals surface area contributed by atoms with E-state index >= 15 is 0 Å². The van der Waals surface area contributed by atoms with Gasteiger partial charge in [-0.2, -0.15) is 13.2 Å². The maximum atomic E-state index is 13.0. The summed E-state index contributed by atoms with van der Waals surface area (Å²) in [5, 5.41) is 10.6. The molecule has 0 unspecified atom stereocenters. The first-order valence-corrected chi connectivity index (χ1v) is 10.0. The second-order valence-electron chi connectivity index (χ2n) is 9.29. The molecule has 0 spiro atoms. The van der Waals surface area contributed by atoms with Crippen LogP contribution in [0, 0.1) is 0 Å². The van der Waals surface area contributed by atoms with Gasteiger partial charge in [0.2, 0.25) is 5.91 Å². The summed E-state index contributed by atoms with van der Waals surface area (Å²) in [6, 6.07) is 8.07. The van der Waals surface area contributed by atoms with Gasteiger partial charge < -0.3 is 15.4 Å². The summed E-state index contributed by atoms with van der Waals surface area (Å²) < 4.78 is 40.6. The Morgan fingerprint density at radius 1 is 1.00 bits per heavy atom. The van der Waals surface area contributed by atoms with Crippen molar-refractivity contribution in [3.05, 3.63) is 71.3 Å². The molecule has 5 nitrogen and oxygen atoms in total. The molecule has 0 aliphatic carbocycles. The van der Waals surface area contributed by atoms with E-state index in [1.165, 1.54) is 18.3 Å². The number of imidazole rings is 1. The average molecular weight is 445 g/mol. The molecular weight excluding hydrogens is 419 g/mol. The zero-order valence-corrected chi connectivity index (χ0v) is 18.6. The number of aliphatic hydroxyl groups is 1. The summed E-state index contributed by atoms with van der Waals surface area (Å²) >= 11 is 0. The first-order chi connectivity index (χ1) is 14.6. The van der Waals surface area contributed by atoms with Crippen molar-refractivity contribution in [1.29, 1.82) is 0 Å². The van der Waals surface area contributed by atoms with Crippen molar-refractivity contribution in [1.82, 2.24) is 9.55 Å². The lowest BCUT2D eigenvalue weighted by atomic mass is 9.80. The fraction of sp³-hybridized carbons (Fsp3) is 0.333. The SMILES string of the molecule is CC(C)(C)c1c(C(N)=O)cc(-c2ccc(C(F)(F)F)cc2)cc1-n1ccnc1C(C)(C)O. The van der Waals surface area contributed by atoms with Crippen LogP contribution in [0.3, 0.4) is 0 Å². The Kier molecular flexibility index (Phi) is 5.72. The molecular formula is C24H26F3N3O2. The molecule has 3 rings (SSSR count). The van der Waals surface area contributed by atoms with Crippen LogP contribution in [0.1, 0.15) is 61.9 Å². The minimum Gasteiger partial charge on any atom is -0.382 e. The molecule has 0 radical (unpaired) electrons. The summed E-state index contributed by atoms with van der Waals surface area (Å²) in [5.74, 6) is -0.308. The van der Waals surface area contributed by atoms with Crippen LogP contribution < -0.4 is 5.73 Å². The normalized spacial score (nSPS) is 12.8. The number of aromatic nitrogens is 2. The molecule has 0 saturated carbocycles. The molecule has 32 heavy (non-hydrogen) atoms. The van der Waals surface area contributed by atoms with Crippen LogP contribution in [-0.2, 0) is 17.2 Å². The van der Waals surface area contributed by atoms with Gasteiger partial charge >= 0.3 is 6.18 Å². The van der Waals surface area contributed by atoms with Gasteiger partial charge in [0, 0.05) is 18.0 Å². The maximum Gasteiger partial charge on any atom is 0.416 e. The van der Waals surface area contributed by atoms with E-state index in [0.29, 0.717) is 28.2 Å². The number of halogens is 3. The summed E-state index contributed by atoms with van der Waals surface area (Å²) in [6.45, 7) is 8.97. The fourth-order valence-electron chi connectivity index (χ4n) is 3.77. The first kappa shape index (κ1) is 23.5. The van der Waals surface area contributed by atoms with Crippen molar-refractivity contribution in [2.45, 2.75) is 51.8 Å². The molecule has 0 aliphatic heterocycles. The van der Waals surface area contributed by atoms with E-state index in [9.17, 15) is 23.1 Å². The lowest BCUT2D eigenvalue weighted by Crippen LogP contribution is -2.26. The Bertz CT molecular complexity index is 1150. The number of nitrogens with zero attached hydrogens (tertiary/aromatic N) is 2. The molecule has 3 aromatic rings. The zero-order valence-electron chi connectivity index (χ0n) is 18.6. The molecule has 1 aromatic heterocycles. The number of hydrogen-bond donors (Lipinski definition) is 2. The van der Waals surface area contributed by atoms with E-state index in [2.05, 4.69) is 4.98 Å². The molecule has 3 N–H and O–H groups in total. The van der Waals surface area contributed by atoms with E-state index in [1.807, 2.05) is 20.8 Å². The number of nitrogens with two attached hydrogens (primary N) is 1. The van der Waals surface area contributed by atoms with Gasteiger partial charge in [0.05, 0.1) is 11.3 Å². The minimum absolute atomic E-state index is 0.250. The van der Waals surface area contributed by atoms with Crippen LogP contribution in [0.2, 0.25) is 0 Å². The summed E-state index contributed by atoms with van der Waals surface area (Å²) in [4.78, 5) is 16.7. The van der Waals surface area contributed by atoms with Crippen LogP contribution in [0.15, 0.2) is 48.8 Å². The van der Waals surface area contributed by atoms with Crippen molar-refractivity contribution in [2.75, 3.05) is 0 Å². The largest absolute Gasteiger partial charge is 0.416 e.